The quantitative estimate of drug-likeness (QED) is 0.605. The van der Waals surface area contributed by atoms with Gasteiger partial charge in [-0.2, -0.15) is 5.26 Å². The van der Waals surface area contributed by atoms with E-state index in [9.17, 15) is 8.42 Å². The summed E-state index contributed by atoms with van der Waals surface area (Å²) >= 11 is 0. The average molecular weight is 206 g/mol. The van der Waals surface area contributed by atoms with Crippen molar-refractivity contribution in [3.63, 3.8) is 0 Å². The Bertz CT molecular complexity index is 240. The number of nitrogens with zero attached hydrogens (tertiary/aromatic N) is 1. The number of rotatable bonds is 1. The molecule has 5 nitrogen and oxygen atoms in total. The zero-order chi connectivity index (χ0) is 10.2. The zero-order valence-electron chi connectivity index (χ0n) is 7.62. The second kappa shape index (κ2) is 6.83. The van der Waals surface area contributed by atoms with Gasteiger partial charge < -0.3 is 10.1 Å². The minimum atomic E-state index is -3.04. The van der Waals surface area contributed by atoms with Gasteiger partial charge >= 0.3 is 0 Å². The van der Waals surface area contributed by atoms with Crippen molar-refractivity contribution in [2.75, 3.05) is 38.3 Å². The SMILES string of the molecule is C1COCCN1.CS(=O)(=O)CC#N. The molecule has 1 N–H and O–H groups in total. The van der Waals surface area contributed by atoms with Gasteiger partial charge in [0.2, 0.25) is 0 Å². The van der Waals surface area contributed by atoms with Crippen molar-refractivity contribution in [1.29, 1.82) is 5.26 Å². The van der Waals surface area contributed by atoms with Gasteiger partial charge in [-0.25, -0.2) is 8.42 Å². The van der Waals surface area contributed by atoms with Crippen LogP contribution in [-0.4, -0.2) is 46.7 Å². The summed E-state index contributed by atoms with van der Waals surface area (Å²) in [6.07, 6.45) is 1.02. The van der Waals surface area contributed by atoms with Crippen LogP contribution in [0.1, 0.15) is 0 Å². The fourth-order valence-electron chi connectivity index (χ4n) is 0.633. The molecule has 0 amide bonds. The summed E-state index contributed by atoms with van der Waals surface area (Å²) in [7, 11) is -3.04. The number of sulfone groups is 1. The molecule has 0 aromatic heterocycles. The van der Waals surface area contributed by atoms with E-state index in [1.807, 2.05) is 0 Å². The Morgan fingerprint density at radius 3 is 2.08 bits per heavy atom. The molecule has 1 heterocycles. The van der Waals surface area contributed by atoms with Crippen molar-refractivity contribution in [1.82, 2.24) is 5.32 Å². The number of morpholine rings is 1. The van der Waals surface area contributed by atoms with Gasteiger partial charge in [0.15, 0.2) is 9.84 Å². The second-order valence-electron chi connectivity index (χ2n) is 2.59. The van der Waals surface area contributed by atoms with Crippen LogP contribution >= 0.6 is 0 Å². The van der Waals surface area contributed by atoms with Crippen molar-refractivity contribution in [3.8, 4) is 6.07 Å². The lowest BCUT2D eigenvalue weighted by Gasteiger charge is -2.10. The maximum absolute atomic E-state index is 10.0. The largest absolute Gasteiger partial charge is 0.379 e. The highest BCUT2D eigenvalue weighted by molar-refractivity contribution is 7.90. The van der Waals surface area contributed by atoms with Gasteiger partial charge in [-0.3, -0.25) is 0 Å². The number of hydrogen-bond acceptors (Lipinski definition) is 5. The van der Waals surface area contributed by atoms with E-state index in [0.29, 0.717) is 0 Å². The van der Waals surface area contributed by atoms with Gasteiger partial charge in [-0.1, -0.05) is 0 Å². The normalized spacial score (nSPS) is 16.6. The average Bonchev–Trinajstić information content (AvgIpc) is 2.06. The van der Waals surface area contributed by atoms with Crippen LogP contribution in [-0.2, 0) is 14.6 Å². The minimum absolute atomic E-state index is 0.382. The van der Waals surface area contributed by atoms with Crippen molar-refractivity contribution in [2.24, 2.45) is 0 Å². The van der Waals surface area contributed by atoms with E-state index in [4.69, 9.17) is 10.00 Å². The van der Waals surface area contributed by atoms with E-state index >= 15 is 0 Å². The maximum atomic E-state index is 10.0. The maximum Gasteiger partial charge on any atom is 0.160 e. The summed E-state index contributed by atoms with van der Waals surface area (Å²) in [6, 6.07) is 1.52. The molecule has 1 fully saturated rings. The third-order valence-electron chi connectivity index (χ3n) is 1.17. The molecule has 76 valence electrons. The number of nitriles is 1. The monoisotopic (exact) mass is 206 g/mol. The number of hydrogen-bond donors (Lipinski definition) is 1. The summed E-state index contributed by atoms with van der Waals surface area (Å²) in [5.41, 5.74) is 0. The fraction of sp³-hybridized carbons (Fsp3) is 0.857. The summed E-state index contributed by atoms with van der Waals surface area (Å²) in [4.78, 5) is 0. The molecule has 1 aliphatic heterocycles. The molecule has 0 aliphatic carbocycles. The molecule has 6 heteroatoms. The van der Waals surface area contributed by atoms with Gasteiger partial charge in [0.05, 0.1) is 19.3 Å². The zero-order valence-corrected chi connectivity index (χ0v) is 8.43. The van der Waals surface area contributed by atoms with Gasteiger partial charge in [-0.15, -0.1) is 0 Å². The minimum Gasteiger partial charge on any atom is -0.379 e. The molecule has 1 rings (SSSR count). The first-order chi connectivity index (χ1) is 6.06. The highest BCUT2D eigenvalue weighted by Gasteiger charge is 1.96. The Hall–Kier alpha value is -0.640. The smallest absolute Gasteiger partial charge is 0.160 e. The molecule has 1 saturated heterocycles. The molecule has 0 atom stereocenters. The van der Waals surface area contributed by atoms with Gasteiger partial charge in [0.1, 0.15) is 5.75 Å². The first-order valence-corrected chi connectivity index (χ1v) is 5.95. The summed E-state index contributed by atoms with van der Waals surface area (Å²) in [5, 5.41) is 10.9. The van der Waals surface area contributed by atoms with Crippen LogP contribution in [0, 0.1) is 11.3 Å². The molecular weight excluding hydrogens is 192 g/mol. The van der Waals surface area contributed by atoms with E-state index < -0.39 is 9.84 Å². The molecule has 1 aliphatic rings. The highest BCUT2D eigenvalue weighted by Crippen LogP contribution is 1.76. The second-order valence-corrected chi connectivity index (χ2v) is 4.73. The summed E-state index contributed by atoms with van der Waals surface area (Å²) in [5.74, 6) is -0.382. The molecule has 0 radical (unpaired) electrons. The first-order valence-electron chi connectivity index (χ1n) is 3.89. The topological polar surface area (TPSA) is 79.2 Å². The molecule has 13 heavy (non-hydrogen) atoms. The molecule has 0 unspecified atom stereocenters. The van der Waals surface area contributed by atoms with Crippen LogP contribution < -0.4 is 5.32 Å². The third-order valence-corrected chi connectivity index (χ3v) is 1.83. The van der Waals surface area contributed by atoms with E-state index in [2.05, 4.69) is 5.32 Å². The van der Waals surface area contributed by atoms with Crippen molar-refractivity contribution in [2.45, 2.75) is 0 Å². The predicted octanol–water partition coefficient (Wildman–Crippen LogP) is -0.839. The van der Waals surface area contributed by atoms with Crippen LogP contribution in [0.25, 0.3) is 0 Å². The van der Waals surface area contributed by atoms with E-state index in [-0.39, 0.29) is 5.75 Å². The number of nitrogens with one attached hydrogen (secondary N) is 1. The Morgan fingerprint density at radius 1 is 1.46 bits per heavy atom. The molecule has 0 aromatic rings. The van der Waals surface area contributed by atoms with E-state index in [1.165, 1.54) is 6.07 Å². The van der Waals surface area contributed by atoms with Crippen LogP contribution in [0.5, 0.6) is 0 Å². The highest BCUT2D eigenvalue weighted by atomic mass is 32.2. The molecular formula is C7H14N2O3S. The van der Waals surface area contributed by atoms with Gasteiger partial charge in [0, 0.05) is 19.3 Å². The standard InChI is InChI=1S/C4H9NO.C3H5NO2S/c1-3-6-4-2-5-1;1-7(5,6)3-2-4/h5H,1-4H2;3H2,1H3. The lowest BCUT2D eigenvalue weighted by atomic mass is 10.5. The Kier molecular flexibility index (Phi) is 6.49. The lowest BCUT2D eigenvalue weighted by molar-refractivity contribution is 0.109. The molecule has 0 saturated carbocycles. The summed E-state index contributed by atoms with van der Waals surface area (Å²) < 4.78 is 25.0. The predicted molar refractivity (Wildman–Crippen MR) is 49.0 cm³/mol. The van der Waals surface area contributed by atoms with Gasteiger partial charge in [0.25, 0.3) is 0 Å². The van der Waals surface area contributed by atoms with E-state index in [1.54, 1.807) is 0 Å². The van der Waals surface area contributed by atoms with E-state index in [0.717, 1.165) is 32.6 Å². The Balaban J connectivity index is 0.000000223. The Labute approximate surface area is 78.6 Å². The van der Waals surface area contributed by atoms with Crippen molar-refractivity contribution < 1.29 is 13.2 Å². The van der Waals surface area contributed by atoms with Gasteiger partial charge in [-0.05, 0) is 0 Å². The Morgan fingerprint density at radius 2 is 2.00 bits per heavy atom. The first kappa shape index (κ1) is 12.4. The van der Waals surface area contributed by atoms with Crippen molar-refractivity contribution >= 4 is 9.84 Å². The third kappa shape index (κ3) is 11.4. The van der Waals surface area contributed by atoms with Crippen LogP contribution in [0.3, 0.4) is 0 Å². The number of ether oxygens (including phenoxy) is 1. The van der Waals surface area contributed by atoms with Crippen LogP contribution in [0.2, 0.25) is 0 Å². The van der Waals surface area contributed by atoms with Crippen LogP contribution in [0.4, 0.5) is 0 Å². The fourth-order valence-corrected chi connectivity index (χ4v) is 0.868. The lowest BCUT2D eigenvalue weighted by Crippen LogP contribution is -2.30. The molecule has 0 spiro atoms. The van der Waals surface area contributed by atoms with Crippen LogP contribution in [0.15, 0.2) is 0 Å². The molecule has 0 bridgehead atoms. The van der Waals surface area contributed by atoms with Crippen molar-refractivity contribution in [3.05, 3.63) is 0 Å². The molecule has 0 aromatic carbocycles. The summed E-state index contributed by atoms with van der Waals surface area (Å²) in [6.45, 7) is 3.83.